The molecule has 0 radical (unpaired) electrons. The number of alkyl carbamates (subject to hydrolysis) is 1. The van der Waals surface area contributed by atoms with Gasteiger partial charge in [-0.15, -0.1) is 0 Å². The SMILES string of the molecule is Cc1cccc(C(C)NC(CNC(=O)OC(C)(C)C)C(C)C)c1. The van der Waals surface area contributed by atoms with E-state index in [1.54, 1.807) is 0 Å². The molecule has 0 fully saturated rings. The number of aryl methyl sites for hydroxylation is 1. The first-order chi connectivity index (χ1) is 10.6. The molecule has 0 saturated carbocycles. The van der Waals surface area contributed by atoms with Crippen molar-refractivity contribution in [3.8, 4) is 0 Å². The van der Waals surface area contributed by atoms with Crippen LogP contribution < -0.4 is 10.6 Å². The number of hydrogen-bond donors (Lipinski definition) is 2. The molecular weight excluding hydrogens is 288 g/mol. The minimum absolute atomic E-state index is 0.179. The van der Waals surface area contributed by atoms with Crippen LogP contribution in [0.2, 0.25) is 0 Å². The lowest BCUT2D eigenvalue weighted by molar-refractivity contribution is 0.0518. The quantitative estimate of drug-likeness (QED) is 0.826. The molecule has 4 heteroatoms. The predicted octanol–water partition coefficient (Wildman–Crippen LogP) is 4.19. The van der Waals surface area contributed by atoms with Crippen LogP contribution in [0.1, 0.15) is 58.7 Å². The molecule has 4 nitrogen and oxygen atoms in total. The third-order valence-electron chi connectivity index (χ3n) is 3.68. The highest BCUT2D eigenvalue weighted by Crippen LogP contribution is 2.16. The Labute approximate surface area is 141 Å². The van der Waals surface area contributed by atoms with Gasteiger partial charge >= 0.3 is 6.09 Å². The summed E-state index contributed by atoms with van der Waals surface area (Å²) < 4.78 is 5.30. The van der Waals surface area contributed by atoms with E-state index in [0.29, 0.717) is 12.5 Å². The van der Waals surface area contributed by atoms with Crippen LogP contribution >= 0.6 is 0 Å². The molecule has 130 valence electrons. The van der Waals surface area contributed by atoms with Crippen molar-refractivity contribution in [2.24, 2.45) is 5.92 Å². The van der Waals surface area contributed by atoms with Crippen LogP contribution in [0.4, 0.5) is 4.79 Å². The van der Waals surface area contributed by atoms with Crippen LogP contribution in [0.25, 0.3) is 0 Å². The zero-order valence-corrected chi connectivity index (χ0v) is 15.6. The Hall–Kier alpha value is -1.55. The first-order valence-electron chi connectivity index (χ1n) is 8.38. The number of benzene rings is 1. The summed E-state index contributed by atoms with van der Waals surface area (Å²) in [6, 6.07) is 8.90. The molecule has 0 saturated heterocycles. The van der Waals surface area contributed by atoms with Gasteiger partial charge in [0.25, 0.3) is 0 Å². The number of carbonyl (C=O) groups is 1. The monoisotopic (exact) mass is 320 g/mol. The van der Waals surface area contributed by atoms with Crippen LogP contribution in [-0.4, -0.2) is 24.3 Å². The molecule has 1 amide bonds. The largest absolute Gasteiger partial charge is 0.444 e. The average Bonchev–Trinajstić information content (AvgIpc) is 2.40. The molecule has 2 N–H and O–H groups in total. The van der Waals surface area contributed by atoms with E-state index in [4.69, 9.17) is 4.74 Å². The molecule has 0 aliphatic carbocycles. The molecule has 0 spiro atoms. The zero-order chi connectivity index (χ0) is 17.6. The van der Waals surface area contributed by atoms with Gasteiger partial charge < -0.3 is 15.4 Å². The molecule has 1 aromatic rings. The van der Waals surface area contributed by atoms with Gasteiger partial charge in [-0.3, -0.25) is 0 Å². The normalized spacial score (nSPS) is 14.4. The second kappa shape index (κ2) is 8.34. The fraction of sp³-hybridized carbons (Fsp3) is 0.632. The van der Waals surface area contributed by atoms with Gasteiger partial charge in [0.1, 0.15) is 5.60 Å². The lowest BCUT2D eigenvalue weighted by Gasteiger charge is -2.28. The Morgan fingerprint density at radius 2 is 1.87 bits per heavy atom. The molecule has 0 bridgehead atoms. The van der Waals surface area contributed by atoms with Crippen LogP contribution in [0.15, 0.2) is 24.3 Å². The lowest BCUT2D eigenvalue weighted by Crippen LogP contribution is -2.46. The summed E-state index contributed by atoms with van der Waals surface area (Å²) in [6.07, 6.45) is -0.367. The van der Waals surface area contributed by atoms with Crippen molar-refractivity contribution in [1.29, 1.82) is 0 Å². The van der Waals surface area contributed by atoms with Crippen molar-refractivity contribution in [2.75, 3.05) is 6.54 Å². The van der Waals surface area contributed by atoms with Gasteiger partial charge in [0.15, 0.2) is 0 Å². The molecule has 0 aliphatic heterocycles. The molecule has 0 aliphatic rings. The minimum Gasteiger partial charge on any atom is -0.444 e. The highest BCUT2D eigenvalue weighted by Gasteiger charge is 2.20. The number of nitrogens with one attached hydrogen (secondary N) is 2. The van der Waals surface area contributed by atoms with Gasteiger partial charge in [-0.2, -0.15) is 0 Å². The maximum Gasteiger partial charge on any atom is 0.407 e. The minimum atomic E-state index is -0.473. The molecule has 1 rings (SSSR count). The van der Waals surface area contributed by atoms with Crippen LogP contribution in [0.5, 0.6) is 0 Å². The Kier molecular flexibility index (Phi) is 7.07. The Morgan fingerprint density at radius 1 is 1.22 bits per heavy atom. The second-order valence-corrected chi connectivity index (χ2v) is 7.54. The summed E-state index contributed by atoms with van der Waals surface area (Å²) in [5, 5.41) is 6.47. The van der Waals surface area contributed by atoms with Crippen LogP contribution in [-0.2, 0) is 4.74 Å². The lowest BCUT2D eigenvalue weighted by atomic mass is 10.00. The smallest absolute Gasteiger partial charge is 0.407 e. The molecule has 23 heavy (non-hydrogen) atoms. The van der Waals surface area contributed by atoms with Gasteiger partial charge in [0.05, 0.1) is 0 Å². The first-order valence-corrected chi connectivity index (χ1v) is 8.38. The van der Waals surface area contributed by atoms with E-state index in [0.717, 1.165) is 0 Å². The Morgan fingerprint density at radius 3 is 2.39 bits per heavy atom. The van der Waals surface area contributed by atoms with Gasteiger partial charge in [-0.25, -0.2) is 4.79 Å². The number of amides is 1. The van der Waals surface area contributed by atoms with E-state index in [-0.39, 0.29) is 18.2 Å². The number of hydrogen-bond acceptors (Lipinski definition) is 3. The maximum atomic E-state index is 11.8. The van der Waals surface area contributed by atoms with E-state index >= 15 is 0 Å². The summed E-state index contributed by atoms with van der Waals surface area (Å²) in [4.78, 5) is 11.8. The molecular formula is C19H32N2O2. The number of rotatable bonds is 6. The molecule has 0 aromatic heterocycles. The van der Waals surface area contributed by atoms with E-state index in [1.165, 1.54) is 11.1 Å². The van der Waals surface area contributed by atoms with E-state index in [1.807, 2.05) is 20.8 Å². The molecule has 1 aromatic carbocycles. The van der Waals surface area contributed by atoms with Crippen molar-refractivity contribution in [3.63, 3.8) is 0 Å². The van der Waals surface area contributed by atoms with Gasteiger partial charge in [0.2, 0.25) is 0 Å². The van der Waals surface area contributed by atoms with Gasteiger partial charge in [-0.05, 0) is 46.1 Å². The predicted molar refractivity (Wildman–Crippen MR) is 95.6 cm³/mol. The molecule has 2 unspecified atom stereocenters. The Balaban J connectivity index is 2.60. The standard InChI is InChI=1S/C19H32N2O2/c1-13(2)17(12-20-18(22)23-19(5,6)7)21-15(4)16-10-8-9-14(3)11-16/h8-11,13,15,17,21H,12H2,1-7H3,(H,20,22). The topological polar surface area (TPSA) is 50.4 Å². The van der Waals surface area contributed by atoms with E-state index < -0.39 is 5.60 Å². The summed E-state index contributed by atoms with van der Waals surface area (Å²) in [6.45, 7) is 14.7. The molecule has 2 atom stereocenters. The van der Waals surface area contributed by atoms with Crippen LogP contribution in [0, 0.1) is 12.8 Å². The highest BCUT2D eigenvalue weighted by molar-refractivity contribution is 5.67. The van der Waals surface area contributed by atoms with Gasteiger partial charge in [0, 0.05) is 18.6 Å². The maximum absolute atomic E-state index is 11.8. The van der Waals surface area contributed by atoms with Crippen molar-refractivity contribution < 1.29 is 9.53 Å². The fourth-order valence-corrected chi connectivity index (χ4v) is 2.35. The summed E-state index contributed by atoms with van der Waals surface area (Å²) in [5.74, 6) is 0.400. The first kappa shape index (κ1) is 19.5. The highest BCUT2D eigenvalue weighted by atomic mass is 16.6. The second-order valence-electron chi connectivity index (χ2n) is 7.54. The summed E-state index contributed by atoms with van der Waals surface area (Å²) in [5.41, 5.74) is 2.04. The van der Waals surface area contributed by atoms with E-state index in [2.05, 4.69) is 62.6 Å². The zero-order valence-electron chi connectivity index (χ0n) is 15.6. The van der Waals surface area contributed by atoms with Gasteiger partial charge in [-0.1, -0.05) is 43.7 Å². The average molecular weight is 320 g/mol. The van der Waals surface area contributed by atoms with E-state index in [9.17, 15) is 4.79 Å². The fourth-order valence-electron chi connectivity index (χ4n) is 2.35. The number of carbonyl (C=O) groups excluding carboxylic acids is 1. The summed E-state index contributed by atoms with van der Waals surface area (Å²) in [7, 11) is 0. The van der Waals surface area contributed by atoms with Crippen molar-refractivity contribution in [3.05, 3.63) is 35.4 Å². The third kappa shape index (κ3) is 7.51. The Bertz CT molecular complexity index is 506. The van der Waals surface area contributed by atoms with Crippen molar-refractivity contribution in [2.45, 2.75) is 66.2 Å². The third-order valence-corrected chi connectivity index (χ3v) is 3.68. The molecule has 0 heterocycles. The van der Waals surface area contributed by atoms with Crippen molar-refractivity contribution in [1.82, 2.24) is 10.6 Å². The van der Waals surface area contributed by atoms with Crippen molar-refractivity contribution >= 4 is 6.09 Å². The summed E-state index contributed by atoms with van der Waals surface area (Å²) >= 11 is 0. The van der Waals surface area contributed by atoms with Crippen LogP contribution in [0.3, 0.4) is 0 Å². The number of ether oxygens (including phenoxy) is 1.